The van der Waals surface area contributed by atoms with Crippen LogP contribution in [-0.4, -0.2) is 35.2 Å². The lowest BCUT2D eigenvalue weighted by molar-refractivity contribution is -0.385. The highest BCUT2D eigenvalue weighted by Gasteiger charge is 2.42. The summed E-state index contributed by atoms with van der Waals surface area (Å²) in [5.74, 6) is 2.36. The van der Waals surface area contributed by atoms with Crippen LogP contribution in [0, 0.1) is 10.1 Å². The van der Waals surface area contributed by atoms with Gasteiger partial charge < -0.3 is 18.6 Å². The summed E-state index contributed by atoms with van der Waals surface area (Å²) < 4.78 is 25.6. The molecule has 0 aromatic heterocycles. The highest BCUT2D eigenvalue weighted by atomic mass is 28.2. The van der Waals surface area contributed by atoms with Gasteiger partial charge in [0, 0.05) is 0 Å². The maximum Gasteiger partial charge on any atom is 0.283 e. The summed E-state index contributed by atoms with van der Waals surface area (Å²) in [4.78, 5) is 13.3. The second-order valence-corrected chi connectivity index (χ2v) is 24.2. The summed E-state index contributed by atoms with van der Waals surface area (Å²) in [5.41, 5.74) is 2.18. The first kappa shape index (κ1) is 69.4. The number of rotatable bonds is 54. The number of nitro groups is 1. The average Bonchev–Trinajstić information content (AvgIpc) is 3.20. The van der Waals surface area contributed by atoms with Gasteiger partial charge in [-0.3, -0.25) is 10.1 Å². The van der Waals surface area contributed by atoms with E-state index in [1.54, 1.807) is 0 Å². The van der Waals surface area contributed by atoms with Gasteiger partial charge in [-0.25, -0.2) is 0 Å². The van der Waals surface area contributed by atoms with Crippen molar-refractivity contribution in [2.75, 3.05) is 19.8 Å². The summed E-state index contributed by atoms with van der Waals surface area (Å²) in [6, 6.07) is 29.5. The van der Waals surface area contributed by atoms with E-state index in [1.807, 2.05) is 91.0 Å². The fourth-order valence-corrected chi connectivity index (χ4v) is 12.5. The summed E-state index contributed by atoms with van der Waals surface area (Å²) in [7, 11) is 0.312. The van der Waals surface area contributed by atoms with Gasteiger partial charge >= 0.3 is 0 Å². The largest absolute Gasteiger partial charge is 0.494 e. The van der Waals surface area contributed by atoms with Crippen LogP contribution >= 0.6 is 0 Å². The molecule has 454 valence electrons. The Labute approximate surface area is 499 Å². The van der Waals surface area contributed by atoms with Gasteiger partial charge in [-0.15, -0.1) is 0 Å². The van der Waals surface area contributed by atoms with Crippen molar-refractivity contribution in [2.45, 2.75) is 296 Å². The topological polar surface area (TPSA) is 80.1 Å². The molecule has 0 amide bonds. The molecule has 4 aromatic carbocycles. The van der Waals surface area contributed by atoms with Crippen LogP contribution in [-0.2, 0) is 10.0 Å². The van der Waals surface area contributed by atoms with E-state index in [-0.39, 0.29) is 10.6 Å². The number of nitrogens with zero attached hydrogens (tertiary/aromatic N) is 1. The lowest BCUT2D eigenvalue weighted by Gasteiger charge is -2.35. The van der Waals surface area contributed by atoms with Crippen molar-refractivity contribution in [3.63, 3.8) is 0 Å². The number of nitro benzene ring substituents is 1. The molecule has 0 spiro atoms. The number of para-hydroxylation sites is 1. The van der Waals surface area contributed by atoms with Crippen LogP contribution in [0.2, 0.25) is 0 Å². The Morgan fingerprint density at radius 3 is 0.877 bits per heavy atom. The van der Waals surface area contributed by atoms with Crippen molar-refractivity contribution >= 4 is 16.2 Å². The second kappa shape index (κ2) is 46.3. The van der Waals surface area contributed by atoms with Gasteiger partial charge in [0.1, 0.15) is 33.3 Å². The number of benzene rings is 4. The smallest absolute Gasteiger partial charge is 0.283 e. The molecule has 8 heteroatoms. The zero-order valence-electron chi connectivity index (χ0n) is 52.4. The molecule has 0 aliphatic heterocycles. The molecule has 0 unspecified atom stereocenters. The quantitative estimate of drug-likeness (QED) is 0.0144. The molecule has 0 fully saturated rings. The first-order valence-corrected chi connectivity index (χ1v) is 34.8. The number of hydrogen-bond acceptors (Lipinski definition) is 6. The molecule has 0 radical (unpaired) electrons. The Bertz CT molecular complexity index is 2030. The third-order valence-corrected chi connectivity index (χ3v) is 17.5. The maximum atomic E-state index is 13.5. The third kappa shape index (κ3) is 28.8. The Balaban J connectivity index is 1.36. The standard InChI is InChI=1S/C73H117NO6Si/c1-4-7-10-13-16-19-22-25-28-31-34-37-40-43-61-77-67-55-49-64(50-56-67)70-47-46-48-71(72(70)74(75)76)73(80-81,65-51-57-68(58-52-65)78-62-44-41-38-35-32-29-26-23-20-17-14-11-8-5-2)66-53-59-69(60-54-66)79-63-45-42-39-36-33-30-27-24-21-18-15-12-9-6-3/h46-60H,4-45,61-63H2,1-3,81H3. The van der Waals surface area contributed by atoms with Crippen LogP contribution in [0.5, 0.6) is 17.2 Å². The van der Waals surface area contributed by atoms with Gasteiger partial charge in [0.05, 0.1) is 35.9 Å². The molecule has 0 saturated heterocycles. The number of unbranched alkanes of at least 4 members (excludes halogenated alkanes) is 39. The summed E-state index contributed by atoms with van der Waals surface area (Å²) in [5, 5.41) is 13.5. The van der Waals surface area contributed by atoms with Gasteiger partial charge in [0.2, 0.25) is 0 Å². The molecule has 0 N–H and O–H groups in total. The van der Waals surface area contributed by atoms with Crippen LogP contribution in [0.15, 0.2) is 91.0 Å². The van der Waals surface area contributed by atoms with E-state index in [4.69, 9.17) is 18.6 Å². The molecule has 0 aliphatic carbocycles. The molecule has 4 aromatic rings. The van der Waals surface area contributed by atoms with Gasteiger partial charge in [0.15, 0.2) is 0 Å². The van der Waals surface area contributed by atoms with E-state index in [0.717, 1.165) is 53.2 Å². The van der Waals surface area contributed by atoms with Gasteiger partial charge in [0.25, 0.3) is 5.69 Å². The van der Waals surface area contributed by atoms with E-state index in [2.05, 4.69) is 20.8 Å². The Morgan fingerprint density at radius 2 is 0.617 bits per heavy atom. The summed E-state index contributed by atoms with van der Waals surface area (Å²) >= 11 is 0. The number of hydrogen-bond donors (Lipinski definition) is 0. The second-order valence-electron chi connectivity index (χ2n) is 23.8. The van der Waals surface area contributed by atoms with Gasteiger partial charge in [-0.2, -0.15) is 0 Å². The maximum absolute atomic E-state index is 13.5. The van der Waals surface area contributed by atoms with E-state index >= 15 is 0 Å². The minimum absolute atomic E-state index is 0.0284. The summed E-state index contributed by atoms with van der Waals surface area (Å²) in [6.07, 6.45) is 55.6. The first-order valence-electron chi connectivity index (χ1n) is 34.0. The van der Waals surface area contributed by atoms with E-state index in [9.17, 15) is 10.1 Å². The predicted molar refractivity (Wildman–Crippen MR) is 350 cm³/mol. The van der Waals surface area contributed by atoms with Crippen LogP contribution < -0.4 is 14.2 Å². The van der Waals surface area contributed by atoms with Gasteiger partial charge in [-0.05, 0) is 84.5 Å². The zero-order valence-corrected chi connectivity index (χ0v) is 54.4. The monoisotopic (exact) mass is 1130 g/mol. The van der Waals surface area contributed by atoms with Crippen molar-refractivity contribution in [2.24, 2.45) is 0 Å². The summed E-state index contributed by atoms with van der Waals surface area (Å²) in [6.45, 7) is 8.85. The van der Waals surface area contributed by atoms with Gasteiger partial charge in [-0.1, -0.05) is 314 Å². The van der Waals surface area contributed by atoms with E-state index < -0.39 is 5.60 Å². The van der Waals surface area contributed by atoms with Crippen molar-refractivity contribution in [3.05, 3.63) is 118 Å². The molecule has 81 heavy (non-hydrogen) atoms. The van der Waals surface area contributed by atoms with E-state index in [1.165, 1.54) is 250 Å². The van der Waals surface area contributed by atoms with E-state index in [0.29, 0.717) is 41.4 Å². The van der Waals surface area contributed by atoms with Crippen LogP contribution in [0.4, 0.5) is 5.69 Å². The van der Waals surface area contributed by atoms with Crippen LogP contribution in [0.3, 0.4) is 0 Å². The SMILES string of the molecule is CCCCCCCCCCCCCCCCOc1ccc(-c2cccc(C(O[SiH3])(c3ccc(OCCCCCCCCCCCCCCCC)cc3)c3ccc(OCCCCCCCCCCCCCCCC)cc3)c2[N+](=O)[O-])cc1. The molecule has 0 saturated carbocycles. The Hall–Kier alpha value is -4.14. The predicted octanol–water partition coefficient (Wildman–Crippen LogP) is 22.4. The fraction of sp³-hybridized carbons (Fsp3) is 0.671. The Morgan fingerprint density at radius 1 is 0.358 bits per heavy atom. The Kier molecular flexibility index (Phi) is 39.6. The van der Waals surface area contributed by atoms with Crippen molar-refractivity contribution < 1.29 is 23.6 Å². The molecule has 0 heterocycles. The highest BCUT2D eigenvalue weighted by Crippen LogP contribution is 2.47. The average molecular weight is 1130 g/mol. The first-order chi connectivity index (χ1) is 40.0. The van der Waals surface area contributed by atoms with Crippen molar-refractivity contribution in [1.82, 2.24) is 0 Å². The normalized spacial score (nSPS) is 11.6. The van der Waals surface area contributed by atoms with Crippen LogP contribution in [0.1, 0.15) is 307 Å². The molecule has 4 rings (SSSR count). The lowest BCUT2D eigenvalue weighted by Crippen LogP contribution is -2.33. The zero-order chi connectivity index (χ0) is 57.5. The molecular formula is C73H117NO6Si. The molecule has 7 nitrogen and oxygen atoms in total. The molecule has 0 atom stereocenters. The minimum atomic E-state index is -1.26. The minimum Gasteiger partial charge on any atom is -0.494 e. The van der Waals surface area contributed by atoms with Crippen molar-refractivity contribution in [1.29, 1.82) is 0 Å². The van der Waals surface area contributed by atoms with Crippen molar-refractivity contribution in [3.8, 4) is 28.4 Å². The fourth-order valence-electron chi connectivity index (χ4n) is 11.8. The van der Waals surface area contributed by atoms with Crippen LogP contribution in [0.25, 0.3) is 11.1 Å². The number of ether oxygens (including phenoxy) is 3. The molecule has 0 bridgehead atoms. The molecular weight excluding hydrogens is 1010 g/mol. The molecule has 0 aliphatic rings. The highest BCUT2D eigenvalue weighted by molar-refractivity contribution is 5.99. The lowest BCUT2D eigenvalue weighted by atomic mass is 9.78. The third-order valence-electron chi connectivity index (χ3n) is 16.9.